The fourth-order valence-electron chi connectivity index (χ4n) is 2.78. The summed E-state index contributed by atoms with van der Waals surface area (Å²) < 4.78 is 5.48. The van der Waals surface area contributed by atoms with Crippen LogP contribution in [0.3, 0.4) is 0 Å². The van der Waals surface area contributed by atoms with E-state index in [1.807, 2.05) is 38.1 Å². The number of ether oxygens (including phenoxy) is 1. The molecule has 1 heterocycles. The van der Waals surface area contributed by atoms with Gasteiger partial charge in [-0.05, 0) is 61.0 Å². The van der Waals surface area contributed by atoms with Crippen molar-refractivity contribution in [2.75, 3.05) is 19.7 Å². The monoisotopic (exact) mass is 444 g/mol. The van der Waals surface area contributed by atoms with E-state index < -0.39 is 0 Å². The first-order valence-electron chi connectivity index (χ1n) is 9.31. The van der Waals surface area contributed by atoms with Gasteiger partial charge >= 0.3 is 0 Å². The molecule has 1 aliphatic rings. The molecule has 0 unspecified atom stereocenters. The van der Waals surface area contributed by atoms with Crippen LogP contribution in [0, 0.1) is 13.8 Å². The molecule has 0 saturated carbocycles. The van der Waals surface area contributed by atoms with Crippen LogP contribution in [-0.2, 0) is 9.59 Å². The molecule has 1 saturated heterocycles. The van der Waals surface area contributed by atoms with Gasteiger partial charge in [-0.25, -0.2) is 0 Å². The third-order valence-corrected chi connectivity index (χ3v) is 5.54. The third-order valence-electron chi connectivity index (χ3n) is 4.40. The Labute approximate surface area is 184 Å². The predicted molar refractivity (Wildman–Crippen MR) is 119 cm³/mol. The molecule has 0 radical (unpaired) electrons. The maximum atomic E-state index is 12.5. The SMILES string of the molecule is Cc1ccc(C=C2SC(=O)N(CCNC(=O)COc3ccc(Cl)cc3C)C2=O)cc1. The Morgan fingerprint density at radius 3 is 2.60 bits per heavy atom. The van der Waals surface area contributed by atoms with Crippen molar-refractivity contribution in [2.45, 2.75) is 13.8 Å². The molecule has 3 rings (SSSR count). The molecule has 2 aromatic carbocycles. The molecule has 1 N–H and O–H groups in total. The normalized spacial score (nSPS) is 15.0. The van der Waals surface area contributed by atoms with Crippen LogP contribution in [0.4, 0.5) is 4.79 Å². The lowest BCUT2D eigenvalue weighted by atomic mass is 10.1. The first-order chi connectivity index (χ1) is 14.3. The van der Waals surface area contributed by atoms with Gasteiger partial charge in [-0.3, -0.25) is 19.3 Å². The van der Waals surface area contributed by atoms with Gasteiger partial charge in [0, 0.05) is 18.1 Å². The van der Waals surface area contributed by atoms with Gasteiger partial charge in [0.25, 0.3) is 17.1 Å². The number of aryl methyl sites for hydroxylation is 2. The minimum Gasteiger partial charge on any atom is -0.484 e. The minimum absolute atomic E-state index is 0.0988. The number of imide groups is 1. The highest BCUT2D eigenvalue weighted by Gasteiger charge is 2.34. The molecule has 1 aliphatic heterocycles. The number of carbonyl (C=O) groups is 3. The van der Waals surface area contributed by atoms with Gasteiger partial charge in [0.1, 0.15) is 5.75 Å². The van der Waals surface area contributed by atoms with Gasteiger partial charge in [0.15, 0.2) is 6.61 Å². The molecule has 0 aliphatic carbocycles. The van der Waals surface area contributed by atoms with Crippen molar-refractivity contribution < 1.29 is 19.1 Å². The molecule has 156 valence electrons. The molecule has 6 nitrogen and oxygen atoms in total. The summed E-state index contributed by atoms with van der Waals surface area (Å²) in [5, 5.41) is 2.91. The van der Waals surface area contributed by atoms with E-state index in [9.17, 15) is 14.4 Å². The molecule has 8 heteroatoms. The number of nitrogens with one attached hydrogen (secondary N) is 1. The summed E-state index contributed by atoms with van der Waals surface area (Å²) in [6, 6.07) is 12.8. The van der Waals surface area contributed by atoms with Gasteiger partial charge in [-0.15, -0.1) is 0 Å². The van der Waals surface area contributed by atoms with Crippen molar-refractivity contribution >= 4 is 46.5 Å². The van der Waals surface area contributed by atoms with Crippen LogP contribution in [-0.4, -0.2) is 41.6 Å². The molecular weight excluding hydrogens is 424 g/mol. The lowest BCUT2D eigenvalue weighted by Gasteiger charge is -2.13. The molecule has 0 atom stereocenters. The van der Waals surface area contributed by atoms with Crippen molar-refractivity contribution in [3.63, 3.8) is 0 Å². The number of carbonyl (C=O) groups excluding carboxylic acids is 3. The van der Waals surface area contributed by atoms with E-state index >= 15 is 0 Å². The zero-order valence-corrected chi connectivity index (χ0v) is 18.2. The number of amides is 3. The van der Waals surface area contributed by atoms with Gasteiger partial charge in [-0.1, -0.05) is 41.4 Å². The lowest BCUT2D eigenvalue weighted by Crippen LogP contribution is -2.38. The Balaban J connectivity index is 1.48. The highest BCUT2D eigenvalue weighted by molar-refractivity contribution is 8.18. The first kappa shape index (κ1) is 21.9. The van der Waals surface area contributed by atoms with Crippen LogP contribution in [0.5, 0.6) is 5.75 Å². The molecular formula is C22H21ClN2O4S. The summed E-state index contributed by atoms with van der Waals surface area (Å²) in [6.07, 6.45) is 1.70. The lowest BCUT2D eigenvalue weighted by molar-refractivity contribution is -0.125. The summed E-state index contributed by atoms with van der Waals surface area (Å²) in [7, 11) is 0. The number of hydrogen-bond acceptors (Lipinski definition) is 5. The van der Waals surface area contributed by atoms with Crippen LogP contribution in [0.25, 0.3) is 6.08 Å². The van der Waals surface area contributed by atoms with Crippen LogP contribution in [0.15, 0.2) is 47.4 Å². The van der Waals surface area contributed by atoms with Gasteiger partial charge < -0.3 is 10.1 Å². The number of thioether (sulfide) groups is 1. The highest BCUT2D eigenvalue weighted by Crippen LogP contribution is 2.31. The second-order valence-corrected chi connectivity index (χ2v) is 8.22. The summed E-state index contributed by atoms with van der Waals surface area (Å²) in [4.78, 5) is 38.2. The number of benzene rings is 2. The summed E-state index contributed by atoms with van der Waals surface area (Å²) >= 11 is 6.80. The smallest absolute Gasteiger partial charge is 0.293 e. The standard InChI is InChI=1S/C22H21ClN2O4S/c1-14-3-5-16(6-4-14)12-19-21(27)25(22(28)30-19)10-9-24-20(26)13-29-18-8-7-17(23)11-15(18)2/h3-8,11-12H,9-10,13H2,1-2H3,(H,24,26). The Hall–Kier alpha value is -2.77. The van der Waals surface area contributed by atoms with Gasteiger partial charge in [-0.2, -0.15) is 0 Å². The van der Waals surface area contributed by atoms with Crippen LogP contribution in [0.1, 0.15) is 16.7 Å². The average molecular weight is 445 g/mol. The second kappa shape index (κ2) is 9.82. The van der Waals surface area contributed by atoms with Gasteiger partial charge in [0.05, 0.1) is 4.91 Å². The topological polar surface area (TPSA) is 75.7 Å². The maximum absolute atomic E-state index is 12.5. The van der Waals surface area contributed by atoms with Crippen LogP contribution >= 0.6 is 23.4 Å². The van der Waals surface area contributed by atoms with E-state index in [2.05, 4.69) is 5.32 Å². The zero-order valence-electron chi connectivity index (χ0n) is 16.6. The van der Waals surface area contributed by atoms with E-state index in [1.54, 1.807) is 24.3 Å². The number of nitrogens with zero attached hydrogens (tertiary/aromatic N) is 1. The second-order valence-electron chi connectivity index (χ2n) is 6.79. The molecule has 0 spiro atoms. The Bertz CT molecular complexity index is 1000. The Morgan fingerprint density at radius 1 is 1.17 bits per heavy atom. The minimum atomic E-state index is -0.354. The zero-order chi connectivity index (χ0) is 21.7. The van der Waals surface area contributed by atoms with Crippen molar-refractivity contribution in [3.8, 4) is 5.75 Å². The van der Waals surface area contributed by atoms with E-state index in [0.717, 1.165) is 33.4 Å². The Morgan fingerprint density at radius 2 is 1.90 bits per heavy atom. The molecule has 0 bridgehead atoms. The predicted octanol–water partition coefficient (Wildman–Crippen LogP) is 4.19. The van der Waals surface area contributed by atoms with Crippen molar-refractivity contribution in [1.29, 1.82) is 0 Å². The maximum Gasteiger partial charge on any atom is 0.293 e. The number of halogens is 1. The van der Waals surface area contributed by atoms with Crippen molar-refractivity contribution in [2.24, 2.45) is 0 Å². The number of hydrogen-bond donors (Lipinski definition) is 1. The molecule has 2 aromatic rings. The van der Waals surface area contributed by atoms with Crippen LogP contribution in [0.2, 0.25) is 5.02 Å². The first-order valence-corrected chi connectivity index (χ1v) is 10.5. The van der Waals surface area contributed by atoms with Crippen molar-refractivity contribution in [1.82, 2.24) is 10.2 Å². The number of rotatable bonds is 7. The van der Waals surface area contributed by atoms with E-state index in [4.69, 9.17) is 16.3 Å². The molecule has 0 aromatic heterocycles. The van der Waals surface area contributed by atoms with E-state index in [-0.39, 0.29) is 36.7 Å². The molecule has 1 fully saturated rings. The Kier molecular flexibility index (Phi) is 7.18. The largest absolute Gasteiger partial charge is 0.484 e. The molecule has 3 amide bonds. The highest BCUT2D eigenvalue weighted by atomic mass is 35.5. The van der Waals surface area contributed by atoms with Crippen molar-refractivity contribution in [3.05, 3.63) is 69.1 Å². The van der Waals surface area contributed by atoms with E-state index in [0.29, 0.717) is 15.7 Å². The fraction of sp³-hybridized carbons (Fsp3) is 0.227. The summed E-state index contributed by atoms with van der Waals surface area (Å²) in [5.74, 6) is -0.124. The molecule has 30 heavy (non-hydrogen) atoms. The third kappa shape index (κ3) is 5.64. The van der Waals surface area contributed by atoms with Gasteiger partial charge in [0.2, 0.25) is 0 Å². The summed E-state index contributed by atoms with van der Waals surface area (Å²) in [6.45, 7) is 3.90. The summed E-state index contributed by atoms with van der Waals surface area (Å²) in [5.41, 5.74) is 2.80. The fourth-order valence-corrected chi connectivity index (χ4v) is 3.87. The van der Waals surface area contributed by atoms with E-state index in [1.165, 1.54) is 0 Å². The average Bonchev–Trinajstić information content (AvgIpc) is 2.96. The quantitative estimate of drug-likeness (QED) is 0.648. The van der Waals surface area contributed by atoms with Crippen LogP contribution < -0.4 is 10.1 Å².